The second-order valence-electron chi connectivity index (χ2n) is 7.47. The first kappa shape index (κ1) is 20.9. The standard InChI is InChI=1S/C22H27ClN2O2S/c1-15-14-19(24-21(26)17-12-8-9-13-18(17)23)28-20(15)22(27)25(2)16-10-6-4-3-5-7-11-16/h8-9,12-14,16H,3-7,10-11H2,1-2H3,(H,24,26). The van der Waals surface area contributed by atoms with E-state index in [1.54, 1.807) is 24.3 Å². The van der Waals surface area contributed by atoms with Crippen LogP contribution >= 0.6 is 22.9 Å². The molecule has 0 saturated heterocycles. The van der Waals surface area contributed by atoms with Crippen molar-refractivity contribution in [3.8, 4) is 0 Å². The van der Waals surface area contributed by atoms with Crippen molar-refractivity contribution in [3.63, 3.8) is 0 Å². The molecule has 28 heavy (non-hydrogen) atoms. The molecular formula is C22H27ClN2O2S. The van der Waals surface area contributed by atoms with Crippen molar-refractivity contribution < 1.29 is 9.59 Å². The Morgan fingerprint density at radius 1 is 1.11 bits per heavy atom. The summed E-state index contributed by atoms with van der Waals surface area (Å²) in [5.74, 6) is -0.217. The molecule has 1 aromatic carbocycles. The van der Waals surface area contributed by atoms with Gasteiger partial charge in [0.05, 0.1) is 20.5 Å². The zero-order chi connectivity index (χ0) is 20.1. The molecule has 0 bridgehead atoms. The average molecular weight is 419 g/mol. The largest absolute Gasteiger partial charge is 0.338 e. The Morgan fingerprint density at radius 3 is 2.43 bits per heavy atom. The van der Waals surface area contributed by atoms with Gasteiger partial charge in [-0.25, -0.2) is 0 Å². The molecule has 3 rings (SSSR count). The molecule has 1 heterocycles. The summed E-state index contributed by atoms with van der Waals surface area (Å²) in [5, 5.41) is 3.95. The zero-order valence-electron chi connectivity index (χ0n) is 16.5. The van der Waals surface area contributed by atoms with Gasteiger partial charge in [0, 0.05) is 13.1 Å². The van der Waals surface area contributed by atoms with Crippen molar-refractivity contribution in [2.24, 2.45) is 0 Å². The van der Waals surface area contributed by atoms with Crippen molar-refractivity contribution in [1.29, 1.82) is 0 Å². The molecule has 2 aromatic rings. The molecule has 1 N–H and O–H groups in total. The van der Waals surface area contributed by atoms with Crippen molar-refractivity contribution in [2.75, 3.05) is 12.4 Å². The highest BCUT2D eigenvalue weighted by Crippen LogP contribution is 2.30. The Bertz CT molecular complexity index is 841. The van der Waals surface area contributed by atoms with Gasteiger partial charge in [-0.1, -0.05) is 55.8 Å². The number of halogens is 1. The molecule has 0 aliphatic heterocycles. The SMILES string of the molecule is Cc1cc(NC(=O)c2ccccc2Cl)sc1C(=O)N(C)C1CCCCCCC1. The maximum atomic E-state index is 13.1. The van der Waals surface area contributed by atoms with Crippen LogP contribution in [0.1, 0.15) is 70.5 Å². The second-order valence-corrected chi connectivity index (χ2v) is 8.93. The second kappa shape index (κ2) is 9.57. The number of rotatable bonds is 4. The Hall–Kier alpha value is -1.85. The summed E-state index contributed by atoms with van der Waals surface area (Å²) in [5.41, 5.74) is 1.32. The summed E-state index contributed by atoms with van der Waals surface area (Å²) in [7, 11) is 1.91. The van der Waals surface area contributed by atoms with Gasteiger partial charge in [0.15, 0.2) is 0 Å². The molecule has 1 aliphatic carbocycles. The minimum Gasteiger partial charge on any atom is -0.338 e. The Balaban J connectivity index is 1.71. The lowest BCUT2D eigenvalue weighted by molar-refractivity contribution is 0.0711. The van der Waals surface area contributed by atoms with Crippen LogP contribution in [-0.4, -0.2) is 29.8 Å². The molecule has 1 fully saturated rings. The summed E-state index contributed by atoms with van der Waals surface area (Å²) in [6.45, 7) is 1.92. The first-order chi connectivity index (χ1) is 13.5. The van der Waals surface area contributed by atoms with Crippen LogP contribution in [0.5, 0.6) is 0 Å². The van der Waals surface area contributed by atoms with Gasteiger partial charge in [0.1, 0.15) is 0 Å². The number of carbonyl (C=O) groups excluding carboxylic acids is 2. The highest BCUT2D eigenvalue weighted by atomic mass is 35.5. The van der Waals surface area contributed by atoms with E-state index in [1.807, 2.05) is 24.9 Å². The number of nitrogens with zero attached hydrogens (tertiary/aromatic N) is 1. The fourth-order valence-electron chi connectivity index (χ4n) is 3.73. The van der Waals surface area contributed by atoms with Crippen LogP contribution in [0.25, 0.3) is 0 Å². The molecular weight excluding hydrogens is 392 g/mol. The van der Waals surface area contributed by atoms with Gasteiger partial charge in [-0.15, -0.1) is 11.3 Å². The van der Waals surface area contributed by atoms with Crippen LogP contribution in [0.4, 0.5) is 5.00 Å². The fraction of sp³-hybridized carbons (Fsp3) is 0.455. The molecule has 0 unspecified atom stereocenters. The van der Waals surface area contributed by atoms with Crippen LogP contribution < -0.4 is 5.32 Å². The molecule has 4 nitrogen and oxygen atoms in total. The molecule has 1 aliphatic rings. The predicted octanol–water partition coefficient (Wildman–Crippen LogP) is 6.15. The smallest absolute Gasteiger partial charge is 0.264 e. The summed E-state index contributed by atoms with van der Waals surface area (Å²) in [6.07, 6.45) is 8.34. The number of hydrogen-bond donors (Lipinski definition) is 1. The summed E-state index contributed by atoms with van der Waals surface area (Å²) >= 11 is 7.44. The van der Waals surface area contributed by atoms with E-state index in [1.165, 1.54) is 43.4 Å². The lowest BCUT2D eigenvalue weighted by Crippen LogP contribution is -2.37. The Morgan fingerprint density at radius 2 is 1.75 bits per heavy atom. The quantitative estimate of drug-likeness (QED) is 0.647. The van der Waals surface area contributed by atoms with Gasteiger partial charge < -0.3 is 10.2 Å². The topological polar surface area (TPSA) is 49.4 Å². The lowest BCUT2D eigenvalue weighted by Gasteiger charge is -2.29. The van der Waals surface area contributed by atoms with Gasteiger partial charge in [-0.2, -0.15) is 0 Å². The molecule has 150 valence electrons. The molecule has 1 saturated carbocycles. The van der Waals surface area contributed by atoms with E-state index in [0.29, 0.717) is 26.5 Å². The molecule has 1 aromatic heterocycles. The summed E-state index contributed by atoms with van der Waals surface area (Å²) in [6, 6.07) is 9.10. The van der Waals surface area contributed by atoms with E-state index in [0.717, 1.165) is 18.4 Å². The van der Waals surface area contributed by atoms with Crippen molar-refractivity contribution in [1.82, 2.24) is 4.90 Å². The number of thiophene rings is 1. The average Bonchev–Trinajstić information content (AvgIpc) is 3.00. The molecule has 2 amide bonds. The number of nitrogens with one attached hydrogen (secondary N) is 1. The lowest BCUT2D eigenvalue weighted by atomic mass is 9.95. The summed E-state index contributed by atoms with van der Waals surface area (Å²) < 4.78 is 0. The fourth-order valence-corrected chi connectivity index (χ4v) is 5.00. The number of anilines is 1. The van der Waals surface area contributed by atoms with Crippen LogP contribution in [0, 0.1) is 6.92 Å². The van der Waals surface area contributed by atoms with E-state index in [9.17, 15) is 9.59 Å². The number of aryl methyl sites for hydroxylation is 1. The van der Waals surface area contributed by atoms with Crippen LogP contribution in [0.15, 0.2) is 30.3 Å². The Labute approximate surface area is 175 Å². The molecule has 0 atom stereocenters. The highest BCUT2D eigenvalue weighted by molar-refractivity contribution is 7.18. The first-order valence-corrected chi connectivity index (χ1v) is 11.1. The van der Waals surface area contributed by atoms with Crippen molar-refractivity contribution >= 4 is 39.8 Å². The van der Waals surface area contributed by atoms with Crippen molar-refractivity contribution in [3.05, 3.63) is 51.4 Å². The Kier molecular flexibility index (Phi) is 7.13. The van der Waals surface area contributed by atoms with Gasteiger partial charge in [-0.05, 0) is 43.5 Å². The number of carbonyl (C=O) groups is 2. The maximum absolute atomic E-state index is 13.1. The maximum Gasteiger partial charge on any atom is 0.264 e. The van der Waals surface area contributed by atoms with Gasteiger partial charge in [0.25, 0.3) is 11.8 Å². The zero-order valence-corrected chi connectivity index (χ0v) is 18.0. The summed E-state index contributed by atoms with van der Waals surface area (Å²) in [4.78, 5) is 28.2. The monoisotopic (exact) mass is 418 g/mol. The van der Waals surface area contributed by atoms with Crippen LogP contribution in [0.2, 0.25) is 5.02 Å². The van der Waals surface area contributed by atoms with Gasteiger partial charge >= 0.3 is 0 Å². The third-order valence-electron chi connectivity index (χ3n) is 5.41. The number of amides is 2. The van der Waals surface area contributed by atoms with Crippen LogP contribution in [-0.2, 0) is 0 Å². The van der Waals surface area contributed by atoms with E-state index < -0.39 is 0 Å². The minimum absolute atomic E-state index is 0.0475. The van der Waals surface area contributed by atoms with Crippen LogP contribution in [0.3, 0.4) is 0 Å². The predicted molar refractivity (Wildman–Crippen MR) is 117 cm³/mol. The minimum atomic E-state index is -0.265. The van der Waals surface area contributed by atoms with Crippen molar-refractivity contribution in [2.45, 2.75) is 57.9 Å². The molecule has 0 radical (unpaired) electrons. The number of hydrogen-bond acceptors (Lipinski definition) is 3. The van der Waals surface area contributed by atoms with E-state index in [2.05, 4.69) is 5.32 Å². The van der Waals surface area contributed by atoms with E-state index in [-0.39, 0.29) is 11.8 Å². The molecule has 6 heteroatoms. The van der Waals surface area contributed by atoms with E-state index in [4.69, 9.17) is 11.6 Å². The van der Waals surface area contributed by atoms with E-state index >= 15 is 0 Å². The van der Waals surface area contributed by atoms with Gasteiger partial charge in [-0.3, -0.25) is 9.59 Å². The molecule has 0 spiro atoms. The highest BCUT2D eigenvalue weighted by Gasteiger charge is 2.25. The number of benzene rings is 1. The normalized spacial score (nSPS) is 15.5. The van der Waals surface area contributed by atoms with Gasteiger partial charge in [0.2, 0.25) is 0 Å². The first-order valence-electron chi connectivity index (χ1n) is 9.91. The third kappa shape index (κ3) is 4.95. The third-order valence-corrected chi connectivity index (χ3v) is 6.88.